The standard InChI is InChI=1S/C27H20F3N7/c28-27(29,30)16-5-7-17(8-6-16)37-25-18-3-1-11-26(31,21(18)10-14-34-25)23-19(4-2-12-32-23)22-20-9-13-33-24(20)36-15-35-22/h1-15,25,37H,31H2,(H,33,35,36). The first-order valence-corrected chi connectivity index (χ1v) is 11.4. The summed E-state index contributed by atoms with van der Waals surface area (Å²) in [5, 5.41) is 4.05. The molecule has 6 rings (SSSR count). The maximum atomic E-state index is 13.0. The molecule has 0 radical (unpaired) electrons. The van der Waals surface area contributed by atoms with E-state index in [2.05, 4.69) is 30.2 Å². The summed E-state index contributed by atoms with van der Waals surface area (Å²) in [7, 11) is 0. The van der Waals surface area contributed by atoms with Crippen molar-refractivity contribution in [2.45, 2.75) is 17.9 Å². The number of aliphatic imine (C=N–C) groups is 1. The minimum Gasteiger partial charge on any atom is -0.360 e. The van der Waals surface area contributed by atoms with E-state index in [4.69, 9.17) is 5.73 Å². The van der Waals surface area contributed by atoms with Gasteiger partial charge >= 0.3 is 6.18 Å². The molecular formula is C27H20F3N7. The van der Waals surface area contributed by atoms with E-state index in [1.165, 1.54) is 18.5 Å². The summed E-state index contributed by atoms with van der Waals surface area (Å²) in [6.45, 7) is 0. The van der Waals surface area contributed by atoms with Crippen LogP contribution >= 0.6 is 0 Å². The highest BCUT2D eigenvalue weighted by Crippen LogP contribution is 2.42. The van der Waals surface area contributed by atoms with Crippen LogP contribution in [0.1, 0.15) is 11.3 Å². The lowest BCUT2D eigenvalue weighted by molar-refractivity contribution is -0.137. The molecule has 4 aromatic rings. The zero-order chi connectivity index (χ0) is 25.6. The van der Waals surface area contributed by atoms with Crippen LogP contribution in [0.4, 0.5) is 18.9 Å². The first kappa shape index (κ1) is 22.9. The quantitative estimate of drug-likeness (QED) is 0.361. The van der Waals surface area contributed by atoms with Crippen LogP contribution in [0.2, 0.25) is 0 Å². The van der Waals surface area contributed by atoms with E-state index in [1.54, 1.807) is 18.6 Å². The van der Waals surface area contributed by atoms with Crippen LogP contribution in [0, 0.1) is 0 Å². The first-order valence-electron chi connectivity index (χ1n) is 11.4. The van der Waals surface area contributed by atoms with Gasteiger partial charge in [0.1, 0.15) is 23.7 Å². The number of alkyl halides is 3. The second kappa shape index (κ2) is 8.52. The second-order valence-electron chi connectivity index (χ2n) is 8.71. The van der Waals surface area contributed by atoms with Gasteiger partial charge in [-0.1, -0.05) is 18.2 Å². The SMILES string of the molecule is NC1(c2ncccc2-c2ncnc3[nH]ccc23)C=CC=C2C1=CC=NC2Nc1ccc(C(F)(F)F)cc1. The fraction of sp³-hybridized carbons (Fsp3) is 0.111. The largest absolute Gasteiger partial charge is 0.416 e. The molecule has 7 nitrogen and oxygen atoms in total. The van der Waals surface area contributed by atoms with Gasteiger partial charge in [-0.2, -0.15) is 13.2 Å². The third kappa shape index (κ3) is 3.91. The Morgan fingerprint density at radius 1 is 1.00 bits per heavy atom. The number of hydrogen-bond donors (Lipinski definition) is 3. The van der Waals surface area contributed by atoms with Gasteiger partial charge in [-0.15, -0.1) is 0 Å². The van der Waals surface area contributed by atoms with Crippen LogP contribution in [0.25, 0.3) is 22.3 Å². The van der Waals surface area contributed by atoms with Crippen molar-refractivity contribution in [2.75, 3.05) is 5.32 Å². The Bertz CT molecular complexity index is 1610. The average molecular weight is 500 g/mol. The van der Waals surface area contributed by atoms with E-state index in [1.807, 2.05) is 42.5 Å². The number of pyridine rings is 1. The Hall–Kier alpha value is -4.57. The molecule has 1 aliphatic carbocycles. The second-order valence-corrected chi connectivity index (χ2v) is 8.71. The highest BCUT2D eigenvalue weighted by molar-refractivity contribution is 5.92. The summed E-state index contributed by atoms with van der Waals surface area (Å²) >= 11 is 0. The molecule has 3 aromatic heterocycles. The molecule has 0 amide bonds. The van der Waals surface area contributed by atoms with E-state index in [9.17, 15) is 13.2 Å². The number of nitrogens with zero attached hydrogens (tertiary/aromatic N) is 4. The van der Waals surface area contributed by atoms with E-state index < -0.39 is 23.4 Å². The number of nitrogens with two attached hydrogens (primary N) is 1. The van der Waals surface area contributed by atoms with Crippen molar-refractivity contribution in [3.8, 4) is 11.3 Å². The summed E-state index contributed by atoms with van der Waals surface area (Å²) in [5.74, 6) is 0. The number of allylic oxidation sites excluding steroid dienone is 3. The molecule has 1 aliphatic heterocycles. The highest BCUT2D eigenvalue weighted by Gasteiger charge is 2.40. The molecular weight excluding hydrogens is 479 g/mol. The predicted octanol–water partition coefficient (Wildman–Crippen LogP) is 5.14. The molecule has 184 valence electrons. The lowest BCUT2D eigenvalue weighted by Gasteiger charge is -2.37. The maximum absolute atomic E-state index is 13.0. The van der Waals surface area contributed by atoms with Crippen LogP contribution in [0.5, 0.6) is 0 Å². The number of halogens is 3. The molecule has 2 unspecified atom stereocenters. The number of fused-ring (bicyclic) bond motifs is 2. The molecule has 0 spiro atoms. The van der Waals surface area contributed by atoms with Crippen LogP contribution in [0.3, 0.4) is 0 Å². The molecule has 2 atom stereocenters. The summed E-state index contributed by atoms with van der Waals surface area (Å²) in [6.07, 6.45) is 9.13. The number of nitrogens with one attached hydrogen (secondary N) is 2. The Morgan fingerprint density at radius 2 is 1.84 bits per heavy atom. The van der Waals surface area contributed by atoms with Gasteiger partial charge in [-0.05, 0) is 54.1 Å². The molecule has 0 saturated carbocycles. The fourth-order valence-electron chi connectivity index (χ4n) is 4.73. The van der Waals surface area contributed by atoms with Gasteiger partial charge in [-0.25, -0.2) is 9.97 Å². The minimum atomic E-state index is -4.40. The van der Waals surface area contributed by atoms with Gasteiger partial charge < -0.3 is 16.0 Å². The minimum absolute atomic E-state index is 0.504. The number of rotatable bonds is 4. The zero-order valence-corrected chi connectivity index (χ0v) is 19.2. The van der Waals surface area contributed by atoms with Gasteiger partial charge in [0.05, 0.1) is 17.0 Å². The lowest BCUT2D eigenvalue weighted by Crippen LogP contribution is -2.43. The van der Waals surface area contributed by atoms with Gasteiger partial charge in [0.25, 0.3) is 0 Å². The van der Waals surface area contributed by atoms with Gasteiger partial charge in [0, 0.05) is 40.8 Å². The van der Waals surface area contributed by atoms with Crippen molar-refractivity contribution in [1.82, 2.24) is 19.9 Å². The summed E-state index contributed by atoms with van der Waals surface area (Å²) in [4.78, 5) is 21.1. The number of benzene rings is 1. The van der Waals surface area contributed by atoms with E-state index in [0.717, 1.165) is 34.2 Å². The Kier molecular flexibility index (Phi) is 5.27. The van der Waals surface area contributed by atoms with Crippen molar-refractivity contribution < 1.29 is 13.2 Å². The molecule has 0 fully saturated rings. The number of aromatic amines is 1. The van der Waals surface area contributed by atoms with Crippen LogP contribution in [-0.2, 0) is 11.7 Å². The summed E-state index contributed by atoms with van der Waals surface area (Å²) < 4.78 is 38.9. The molecule has 37 heavy (non-hydrogen) atoms. The molecule has 1 aromatic carbocycles. The monoisotopic (exact) mass is 499 g/mol. The Morgan fingerprint density at radius 3 is 2.65 bits per heavy atom. The van der Waals surface area contributed by atoms with Crippen molar-refractivity contribution in [3.63, 3.8) is 0 Å². The van der Waals surface area contributed by atoms with Crippen molar-refractivity contribution in [3.05, 3.63) is 108 Å². The predicted molar refractivity (Wildman–Crippen MR) is 136 cm³/mol. The van der Waals surface area contributed by atoms with E-state index in [0.29, 0.717) is 22.7 Å². The van der Waals surface area contributed by atoms with Gasteiger partial charge in [0.2, 0.25) is 0 Å². The topological polar surface area (TPSA) is 105 Å². The highest BCUT2D eigenvalue weighted by atomic mass is 19.4. The summed E-state index contributed by atoms with van der Waals surface area (Å²) in [5.41, 5.74) is 10.1. The first-order chi connectivity index (χ1) is 17.8. The van der Waals surface area contributed by atoms with Crippen molar-refractivity contribution >= 4 is 22.9 Å². The molecule has 10 heteroatoms. The third-order valence-corrected chi connectivity index (χ3v) is 6.49. The van der Waals surface area contributed by atoms with E-state index in [-0.39, 0.29) is 0 Å². The zero-order valence-electron chi connectivity index (χ0n) is 19.2. The number of aromatic nitrogens is 4. The van der Waals surface area contributed by atoms with Crippen LogP contribution in [0.15, 0.2) is 102 Å². The third-order valence-electron chi connectivity index (χ3n) is 6.49. The van der Waals surface area contributed by atoms with Crippen LogP contribution < -0.4 is 11.1 Å². The smallest absolute Gasteiger partial charge is 0.360 e. The molecule has 2 aliphatic rings. The maximum Gasteiger partial charge on any atom is 0.416 e. The Balaban J connectivity index is 1.37. The van der Waals surface area contributed by atoms with Crippen molar-refractivity contribution in [2.24, 2.45) is 10.7 Å². The van der Waals surface area contributed by atoms with Gasteiger partial charge in [0.15, 0.2) is 0 Å². The Labute approximate surface area is 209 Å². The lowest BCUT2D eigenvalue weighted by atomic mass is 9.75. The number of dihydropyridines is 1. The molecule has 4 N–H and O–H groups in total. The van der Waals surface area contributed by atoms with Gasteiger partial charge in [-0.3, -0.25) is 9.98 Å². The van der Waals surface area contributed by atoms with Crippen LogP contribution in [-0.4, -0.2) is 32.3 Å². The number of hydrogen-bond acceptors (Lipinski definition) is 6. The van der Waals surface area contributed by atoms with Crippen molar-refractivity contribution in [1.29, 1.82) is 0 Å². The average Bonchev–Trinajstić information content (AvgIpc) is 3.38. The number of anilines is 1. The number of H-pyrrole nitrogens is 1. The van der Waals surface area contributed by atoms with E-state index >= 15 is 0 Å². The normalized spacial score (nSPS) is 20.9. The fourth-order valence-corrected chi connectivity index (χ4v) is 4.73. The molecule has 0 saturated heterocycles. The molecule has 0 bridgehead atoms. The summed E-state index contributed by atoms with van der Waals surface area (Å²) in [6, 6.07) is 10.5. The molecule has 4 heterocycles.